The highest BCUT2D eigenvalue weighted by atomic mass is 14.8. The molecule has 2 aromatic heterocycles. The molecule has 0 aliphatic heterocycles. The standard InChI is InChI=1S/C56H38N4/c1-2-10-39(11-3-1)52-30-53(48-20-6-16-44(26-48)40-12-4-14-42(24-40)46-18-8-22-50(28-46)55-33-57-37-58-34-55)32-54(31-52)49-21-7-17-45(27-49)41-13-5-15-43(25-41)47-19-9-23-51(29-47)56-35-59-38-60-36-56/h1-38H. The third-order valence-electron chi connectivity index (χ3n) is 11.0. The monoisotopic (exact) mass is 766 g/mol. The Kier molecular flexibility index (Phi) is 9.92. The minimum Gasteiger partial charge on any atom is -0.244 e. The number of aromatic nitrogens is 4. The average Bonchev–Trinajstić information content (AvgIpc) is 3.35. The summed E-state index contributed by atoms with van der Waals surface area (Å²) in [4.78, 5) is 16.9. The van der Waals surface area contributed by atoms with Crippen molar-refractivity contribution in [1.29, 1.82) is 0 Å². The Morgan fingerprint density at radius 2 is 0.367 bits per heavy atom. The van der Waals surface area contributed by atoms with Crippen LogP contribution in [0.15, 0.2) is 232 Å². The highest BCUT2D eigenvalue weighted by Crippen LogP contribution is 2.37. The highest BCUT2D eigenvalue weighted by Gasteiger charge is 2.12. The molecule has 0 spiro atoms. The maximum absolute atomic E-state index is 4.22. The summed E-state index contributed by atoms with van der Waals surface area (Å²) in [5, 5.41) is 0. The van der Waals surface area contributed by atoms with Crippen LogP contribution in [0, 0.1) is 0 Å². The van der Waals surface area contributed by atoms with Crippen molar-refractivity contribution in [2.45, 2.75) is 0 Å². The summed E-state index contributed by atoms with van der Waals surface area (Å²) in [6, 6.07) is 70.1. The second-order valence-corrected chi connectivity index (χ2v) is 14.9. The van der Waals surface area contributed by atoms with Gasteiger partial charge in [-0.15, -0.1) is 0 Å². The molecule has 60 heavy (non-hydrogen) atoms. The molecule has 4 heteroatoms. The summed E-state index contributed by atoms with van der Waals surface area (Å²) in [6.07, 6.45) is 10.5. The van der Waals surface area contributed by atoms with E-state index in [1.807, 2.05) is 24.8 Å². The van der Waals surface area contributed by atoms with E-state index in [0.29, 0.717) is 0 Å². The van der Waals surface area contributed by atoms with Crippen LogP contribution in [0.4, 0.5) is 0 Å². The summed E-state index contributed by atoms with van der Waals surface area (Å²) in [7, 11) is 0. The molecule has 282 valence electrons. The summed E-state index contributed by atoms with van der Waals surface area (Å²) in [5.41, 5.74) is 20.5. The van der Waals surface area contributed by atoms with Gasteiger partial charge in [-0.3, -0.25) is 0 Å². The fourth-order valence-corrected chi connectivity index (χ4v) is 7.92. The summed E-state index contributed by atoms with van der Waals surface area (Å²) < 4.78 is 0. The predicted octanol–water partition coefficient (Wildman–Crippen LogP) is 14.3. The Hall–Kier alpha value is -8.08. The first-order chi connectivity index (χ1) is 29.7. The van der Waals surface area contributed by atoms with Crippen LogP contribution in [0.3, 0.4) is 0 Å². The van der Waals surface area contributed by atoms with Gasteiger partial charge < -0.3 is 0 Å². The normalized spacial score (nSPS) is 11.0. The molecule has 0 fully saturated rings. The molecule has 4 nitrogen and oxygen atoms in total. The lowest BCUT2D eigenvalue weighted by Crippen LogP contribution is -1.88. The summed E-state index contributed by atoms with van der Waals surface area (Å²) in [6.45, 7) is 0. The topological polar surface area (TPSA) is 51.6 Å². The largest absolute Gasteiger partial charge is 0.244 e. The predicted molar refractivity (Wildman–Crippen MR) is 247 cm³/mol. The molecule has 0 atom stereocenters. The van der Waals surface area contributed by atoms with Gasteiger partial charge in [0.2, 0.25) is 0 Å². The molecule has 0 bridgehead atoms. The molecule has 2 heterocycles. The smallest absolute Gasteiger partial charge is 0.115 e. The van der Waals surface area contributed by atoms with E-state index in [1.165, 1.54) is 22.3 Å². The number of nitrogens with zero attached hydrogens (tertiary/aromatic N) is 4. The van der Waals surface area contributed by atoms with Gasteiger partial charge >= 0.3 is 0 Å². The Morgan fingerprint density at radius 1 is 0.167 bits per heavy atom. The molecule has 0 saturated heterocycles. The molecule has 10 aromatic rings. The van der Waals surface area contributed by atoms with E-state index in [1.54, 1.807) is 12.7 Å². The van der Waals surface area contributed by atoms with Crippen LogP contribution in [-0.2, 0) is 0 Å². The molecule has 0 radical (unpaired) electrons. The third kappa shape index (κ3) is 7.78. The van der Waals surface area contributed by atoms with Gasteiger partial charge in [0.25, 0.3) is 0 Å². The van der Waals surface area contributed by atoms with Gasteiger partial charge in [0, 0.05) is 35.9 Å². The zero-order chi connectivity index (χ0) is 40.1. The SMILES string of the molecule is c1ccc(-c2cc(-c3cccc(-c4cccc(-c5cccc(-c6cncnc6)c5)c4)c3)cc(-c3cccc(-c4cccc(-c5cccc(-c6cncnc6)c5)c4)c3)c2)cc1. The zero-order valence-electron chi connectivity index (χ0n) is 32.7. The highest BCUT2D eigenvalue weighted by molar-refractivity contribution is 5.86. The third-order valence-corrected chi connectivity index (χ3v) is 11.0. The van der Waals surface area contributed by atoms with Crippen LogP contribution in [0.5, 0.6) is 0 Å². The van der Waals surface area contributed by atoms with Gasteiger partial charge in [-0.05, 0) is 144 Å². The minimum absolute atomic E-state index is 0.999. The number of benzene rings is 8. The molecule has 8 aromatic carbocycles. The lowest BCUT2D eigenvalue weighted by molar-refractivity contribution is 1.17. The van der Waals surface area contributed by atoms with Crippen molar-refractivity contribution in [3.63, 3.8) is 0 Å². The van der Waals surface area contributed by atoms with E-state index in [9.17, 15) is 0 Å². The molecule has 0 aliphatic rings. The van der Waals surface area contributed by atoms with Crippen LogP contribution >= 0.6 is 0 Å². The molecule has 0 amide bonds. The summed E-state index contributed by atoms with van der Waals surface area (Å²) in [5.74, 6) is 0. The molecule has 0 N–H and O–H groups in total. The van der Waals surface area contributed by atoms with E-state index < -0.39 is 0 Å². The second-order valence-electron chi connectivity index (χ2n) is 14.9. The van der Waals surface area contributed by atoms with Gasteiger partial charge in [-0.25, -0.2) is 19.9 Å². The molecule has 0 aliphatic carbocycles. The molecule has 0 unspecified atom stereocenters. The minimum atomic E-state index is 0.999. The number of rotatable bonds is 9. The quantitative estimate of drug-likeness (QED) is 0.147. The van der Waals surface area contributed by atoms with Gasteiger partial charge in [0.1, 0.15) is 12.7 Å². The van der Waals surface area contributed by atoms with Gasteiger partial charge in [-0.2, -0.15) is 0 Å². The Bertz CT molecular complexity index is 2900. The lowest BCUT2D eigenvalue weighted by Gasteiger charge is -2.14. The molecular formula is C56H38N4. The van der Waals surface area contributed by atoms with Gasteiger partial charge in [0.05, 0.1) is 0 Å². The second kappa shape index (κ2) is 16.4. The van der Waals surface area contributed by atoms with Gasteiger partial charge in [0.15, 0.2) is 0 Å². The Labute approximate surface area is 350 Å². The zero-order valence-corrected chi connectivity index (χ0v) is 32.7. The Morgan fingerprint density at radius 3 is 0.650 bits per heavy atom. The van der Waals surface area contributed by atoms with Crippen LogP contribution in [0.1, 0.15) is 0 Å². The van der Waals surface area contributed by atoms with Crippen molar-refractivity contribution >= 4 is 0 Å². The van der Waals surface area contributed by atoms with Gasteiger partial charge in [-0.1, -0.05) is 140 Å². The molecule has 0 saturated carbocycles. The number of hydrogen-bond donors (Lipinski definition) is 0. The van der Waals surface area contributed by atoms with Crippen molar-refractivity contribution in [2.75, 3.05) is 0 Å². The van der Waals surface area contributed by atoms with Crippen molar-refractivity contribution < 1.29 is 0 Å². The molecule has 10 rings (SSSR count). The first kappa shape index (κ1) is 36.3. The Balaban J connectivity index is 0.997. The lowest BCUT2D eigenvalue weighted by atomic mass is 9.90. The fourth-order valence-electron chi connectivity index (χ4n) is 7.92. The van der Waals surface area contributed by atoms with Crippen LogP contribution in [-0.4, -0.2) is 19.9 Å². The van der Waals surface area contributed by atoms with Crippen LogP contribution in [0.2, 0.25) is 0 Å². The van der Waals surface area contributed by atoms with E-state index in [-0.39, 0.29) is 0 Å². The van der Waals surface area contributed by atoms with Crippen molar-refractivity contribution in [3.05, 3.63) is 232 Å². The first-order valence-electron chi connectivity index (χ1n) is 20.0. The van der Waals surface area contributed by atoms with E-state index >= 15 is 0 Å². The number of hydrogen-bond acceptors (Lipinski definition) is 4. The van der Waals surface area contributed by atoms with Crippen LogP contribution < -0.4 is 0 Å². The first-order valence-corrected chi connectivity index (χ1v) is 20.0. The fraction of sp³-hybridized carbons (Fsp3) is 0. The van der Waals surface area contributed by atoms with Crippen molar-refractivity contribution in [3.8, 4) is 100 Å². The van der Waals surface area contributed by atoms with Crippen molar-refractivity contribution in [2.24, 2.45) is 0 Å². The summed E-state index contributed by atoms with van der Waals surface area (Å²) >= 11 is 0. The average molecular weight is 767 g/mol. The maximum Gasteiger partial charge on any atom is 0.115 e. The van der Waals surface area contributed by atoms with Crippen molar-refractivity contribution in [1.82, 2.24) is 19.9 Å². The maximum atomic E-state index is 4.22. The van der Waals surface area contributed by atoms with E-state index in [0.717, 1.165) is 77.9 Å². The molecular weight excluding hydrogens is 729 g/mol. The van der Waals surface area contributed by atoms with E-state index in [4.69, 9.17) is 0 Å². The van der Waals surface area contributed by atoms with E-state index in [2.05, 4.69) is 214 Å². The van der Waals surface area contributed by atoms with Crippen LogP contribution in [0.25, 0.3) is 100 Å².